The van der Waals surface area contributed by atoms with E-state index in [1.165, 1.54) is 10.9 Å². The standard InChI is InChI=1S/C16H12ClP/c17-16-15(13-7-3-1-4-8-13)11-12-18(16)14-9-5-2-6-10-14/h1-12H. The van der Waals surface area contributed by atoms with Gasteiger partial charge in [0, 0.05) is 5.56 Å². The average Bonchev–Trinajstić information content (AvgIpc) is 2.83. The Morgan fingerprint density at radius 1 is 0.722 bits per heavy atom. The predicted octanol–water partition coefficient (Wildman–Crippen LogP) is 5.98. The van der Waals surface area contributed by atoms with Crippen molar-refractivity contribution in [1.29, 1.82) is 0 Å². The smallest absolute Gasteiger partial charge is 0.0719 e. The van der Waals surface area contributed by atoms with E-state index in [1.54, 1.807) is 0 Å². The Balaban J connectivity index is 2.09. The fraction of sp³-hybridized carbons (Fsp3) is 0. The second-order valence-electron chi connectivity index (χ2n) is 4.09. The topological polar surface area (TPSA) is 0 Å². The highest BCUT2D eigenvalue weighted by Gasteiger charge is 2.10. The van der Waals surface area contributed by atoms with E-state index in [4.69, 9.17) is 11.6 Å². The predicted molar refractivity (Wildman–Crippen MR) is 80.9 cm³/mol. The fourth-order valence-corrected chi connectivity index (χ4v) is 4.45. The number of halogens is 1. The van der Waals surface area contributed by atoms with E-state index in [-0.39, 0.29) is 0 Å². The molecule has 3 rings (SSSR count). The molecule has 0 aliphatic rings. The van der Waals surface area contributed by atoms with Crippen molar-refractivity contribution in [1.82, 2.24) is 0 Å². The van der Waals surface area contributed by atoms with Crippen molar-refractivity contribution in [3.63, 3.8) is 0 Å². The molecule has 18 heavy (non-hydrogen) atoms. The zero-order chi connectivity index (χ0) is 12.4. The first-order valence-corrected chi connectivity index (χ1v) is 7.63. The van der Waals surface area contributed by atoms with E-state index in [2.05, 4.69) is 48.3 Å². The summed E-state index contributed by atoms with van der Waals surface area (Å²) in [5.41, 5.74) is 2.35. The lowest BCUT2D eigenvalue weighted by Crippen LogP contribution is -1.72. The van der Waals surface area contributed by atoms with Crippen LogP contribution in [0.25, 0.3) is 16.4 Å². The molecule has 0 aliphatic carbocycles. The molecule has 0 saturated heterocycles. The van der Waals surface area contributed by atoms with Crippen molar-refractivity contribution in [2.24, 2.45) is 0 Å². The van der Waals surface area contributed by atoms with Crippen LogP contribution in [0.1, 0.15) is 0 Å². The molecule has 0 amide bonds. The van der Waals surface area contributed by atoms with Gasteiger partial charge in [0.1, 0.15) is 0 Å². The Morgan fingerprint density at radius 2 is 1.33 bits per heavy atom. The summed E-state index contributed by atoms with van der Waals surface area (Å²) in [7, 11) is -0.500. The highest BCUT2D eigenvalue weighted by molar-refractivity contribution is 7.59. The molecular formula is C16H12ClP. The first-order valence-electron chi connectivity index (χ1n) is 5.84. The fourth-order valence-electron chi connectivity index (χ4n) is 2.03. The molecule has 1 aromatic heterocycles. The minimum absolute atomic E-state index is 0.500. The summed E-state index contributed by atoms with van der Waals surface area (Å²) in [5, 5.41) is 1.31. The minimum Gasteiger partial charge on any atom is -0.0786 e. The van der Waals surface area contributed by atoms with Crippen LogP contribution >= 0.6 is 19.1 Å². The van der Waals surface area contributed by atoms with Crippen LogP contribution in [0.15, 0.2) is 72.5 Å². The van der Waals surface area contributed by atoms with E-state index >= 15 is 0 Å². The summed E-state index contributed by atoms with van der Waals surface area (Å²) in [6.45, 7) is 0. The number of hydrogen-bond donors (Lipinski definition) is 0. The number of rotatable bonds is 2. The average molecular weight is 271 g/mol. The second-order valence-corrected chi connectivity index (χ2v) is 6.74. The molecule has 0 saturated carbocycles. The summed E-state index contributed by atoms with van der Waals surface area (Å²) in [6.07, 6.45) is 0. The van der Waals surface area contributed by atoms with Crippen LogP contribution in [0.3, 0.4) is 0 Å². The Kier molecular flexibility index (Phi) is 3.23. The van der Waals surface area contributed by atoms with E-state index in [1.807, 2.05) is 24.3 Å². The van der Waals surface area contributed by atoms with Gasteiger partial charge in [-0.2, -0.15) is 0 Å². The van der Waals surface area contributed by atoms with Crippen molar-refractivity contribution >= 4 is 19.1 Å². The van der Waals surface area contributed by atoms with E-state index in [0.717, 1.165) is 10.3 Å². The molecule has 1 unspecified atom stereocenters. The second kappa shape index (κ2) is 5.02. The summed E-state index contributed by atoms with van der Waals surface area (Å²) >= 11 is 6.56. The largest absolute Gasteiger partial charge is 0.0786 e. The third kappa shape index (κ3) is 2.10. The molecule has 0 bridgehead atoms. The van der Waals surface area contributed by atoms with Crippen LogP contribution < -0.4 is 0 Å². The highest BCUT2D eigenvalue weighted by atomic mass is 35.5. The van der Waals surface area contributed by atoms with Gasteiger partial charge in [0.15, 0.2) is 0 Å². The summed E-state index contributed by atoms with van der Waals surface area (Å²) < 4.78 is 0.974. The zero-order valence-electron chi connectivity index (χ0n) is 9.75. The molecule has 88 valence electrons. The van der Waals surface area contributed by atoms with Crippen molar-refractivity contribution in [2.45, 2.75) is 0 Å². The van der Waals surface area contributed by atoms with E-state index in [0.29, 0.717) is 0 Å². The monoisotopic (exact) mass is 270 g/mol. The van der Waals surface area contributed by atoms with Crippen LogP contribution in [0, 0.1) is 0 Å². The van der Waals surface area contributed by atoms with Gasteiger partial charge in [0.2, 0.25) is 0 Å². The Morgan fingerprint density at radius 3 is 2.00 bits per heavy atom. The zero-order valence-corrected chi connectivity index (χ0v) is 11.4. The minimum atomic E-state index is -0.500. The summed E-state index contributed by atoms with van der Waals surface area (Å²) in [6, 6.07) is 22.9. The third-order valence-corrected chi connectivity index (χ3v) is 5.66. The molecule has 0 spiro atoms. The quantitative estimate of drug-likeness (QED) is 0.537. The molecule has 0 radical (unpaired) electrons. The van der Waals surface area contributed by atoms with Gasteiger partial charge in [-0.1, -0.05) is 79.8 Å². The normalized spacial score (nSPS) is 11.5. The number of benzene rings is 2. The first kappa shape index (κ1) is 11.6. The highest BCUT2D eigenvalue weighted by Crippen LogP contribution is 2.51. The van der Waals surface area contributed by atoms with Crippen molar-refractivity contribution in [3.8, 4) is 16.4 Å². The van der Waals surface area contributed by atoms with Gasteiger partial charge in [0.25, 0.3) is 0 Å². The Bertz CT molecular complexity index is 584. The van der Waals surface area contributed by atoms with E-state index in [9.17, 15) is 0 Å². The summed E-state index contributed by atoms with van der Waals surface area (Å²) in [4.78, 5) is 0. The van der Waals surface area contributed by atoms with Gasteiger partial charge in [0.05, 0.1) is 4.75 Å². The van der Waals surface area contributed by atoms with Crippen molar-refractivity contribution in [2.75, 3.05) is 0 Å². The van der Waals surface area contributed by atoms with Crippen LogP contribution in [0.5, 0.6) is 0 Å². The molecule has 1 heterocycles. The van der Waals surface area contributed by atoms with Crippen molar-refractivity contribution < 1.29 is 0 Å². The molecule has 1 atom stereocenters. The van der Waals surface area contributed by atoms with Crippen LogP contribution in [0.4, 0.5) is 0 Å². The van der Waals surface area contributed by atoms with Crippen LogP contribution in [-0.4, -0.2) is 0 Å². The lowest BCUT2D eigenvalue weighted by atomic mass is 10.1. The molecule has 2 aromatic carbocycles. The molecular weight excluding hydrogens is 259 g/mol. The van der Waals surface area contributed by atoms with Gasteiger partial charge in [-0.15, -0.1) is 0 Å². The maximum atomic E-state index is 6.56. The number of hydrogen-bond acceptors (Lipinski definition) is 0. The maximum absolute atomic E-state index is 6.56. The van der Waals surface area contributed by atoms with Gasteiger partial charge in [-0.05, 0) is 22.7 Å². The molecule has 0 N–H and O–H groups in total. The van der Waals surface area contributed by atoms with E-state index < -0.39 is 7.53 Å². The van der Waals surface area contributed by atoms with Gasteiger partial charge in [-0.3, -0.25) is 0 Å². The Labute approximate surface area is 113 Å². The lowest BCUT2D eigenvalue weighted by molar-refractivity contribution is 1.68. The third-order valence-electron chi connectivity index (χ3n) is 2.94. The lowest BCUT2D eigenvalue weighted by Gasteiger charge is -2.02. The molecule has 3 aromatic rings. The van der Waals surface area contributed by atoms with Gasteiger partial charge >= 0.3 is 0 Å². The Hall–Kier alpha value is -1.49. The molecule has 0 fully saturated rings. The van der Waals surface area contributed by atoms with Crippen LogP contribution in [0.2, 0.25) is 4.75 Å². The molecule has 0 nitrogen and oxygen atoms in total. The molecule has 0 aliphatic heterocycles. The van der Waals surface area contributed by atoms with Crippen molar-refractivity contribution in [3.05, 3.63) is 77.3 Å². The SMILES string of the molecule is Clc1c(-c2ccccc2)ccp1-c1ccccc1. The summed E-state index contributed by atoms with van der Waals surface area (Å²) in [5.74, 6) is 2.23. The van der Waals surface area contributed by atoms with Gasteiger partial charge < -0.3 is 0 Å². The van der Waals surface area contributed by atoms with Crippen LogP contribution in [-0.2, 0) is 0 Å². The van der Waals surface area contributed by atoms with Gasteiger partial charge in [-0.25, -0.2) is 0 Å². The maximum Gasteiger partial charge on any atom is 0.0719 e. The molecule has 2 heteroatoms. The first-order chi connectivity index (χ1) is 8.86.